The maximum atomic E-state index is 11.6. The van der Waals surface area contributed by atoms with E-state index in [1.807, 2.05) is 13.8 Å². The fraction of sp³-hybridized carbons (Fsp3) is 0.846. The van der Waals surface area contributed by atoms with Crippen molar-refractivity contribution in [1.82, 2.24) is 0 Å². The molecule has 0 aliphatic carbocycles. The van der Waals surface area contributed by atoms with Crippen molar-refractivity contribution in [2.45, 2.75) is 59.3 Å². The molecule has 1 N–H and O–H groups in total. The predicted octanol–water partition coefficient (Wildman–Crippen LogP) is 3.00. The maximum Gasteiger partial charge on any atom is 0.306 e. The number of carboxylic acid groups (broad SMARTS) is 1. The molecule has 0 aromatic heterocycles. The van der Waals surface area contributed by atoms with E-state index in [-0.39, 0.29) is 18.8 Å². The Balaban J connectivity index is 4.74. The third-order valence-corrected chi connectivity index (χ3v) is 2.91. The van der Waals surface area contributed by atoms with Crippen molar-refractivity contribution in [3.8, 4) is 0 Å². The Morgan fingerprint density at radius 2 is 1.59 bits per heavy atom. The van der Waals surface area contributed by atoms with Crippen molar-refractivity contribution < 1.29 is 19.4 Å². The first-order chi connectivity index (χ1) is 7.99. The zero-order valence-corrected chi connectivity index (χ0v) is 11.1. The first kappa shape index (κ1) is 15.9. The number of esters is 1. The summed E-state index contributed by atoms with van der Waals surface area (Å²) in [5.41, 5.74) is -0.429. The van der Waals surface area contributed by atoms with Crippen LogP contribution in [0.25, 0.3) is 0 Å². The summed E-state index contributed by atoms with van der Waals surface area (Å²) in [6, 6.07) is 0. The lowest BCUT2D eigenvalue weighted by Gasteiger charge is -2.31. The second-order valence-corrected chi connectivity index (χ2v) is 4.55. The lowest BCUT2D eigenvalue weighted by atomic mass is 9.74. The molecule has 0 amide bonds. The Morgan fingerprint density at radius 1 is 1.06 bits per heavy atom. The number of carbonyl (C=O) groups excluding carboxylic acids is 1. The van der Waals surface area contributed by atoms with Crippen LogP contribution < -0.4 is 0 Å². The van der Waals surface area contributed by atoms with E-state index in [4.69, 9.17) is 9.84 Å². The van der Waals surface area contributed by atoms with Gasteiger partial charge in [0.1, 0.15) is 0 Å². The summed E-state index contributed by atoms with van der Waals surface area (Å²) in [6.07, 6.45) is 3.54. The number of ether oxygens (including phenoxy) is 1. The Bertz CT molecular complexity index is 242. The minimum atomic E-state index is -0.837. The van der Waals surface area contributed by atoms with Crippen molar-refractivity contribution in [3.63, 3.8) is 0 Å². The second kappa shape index (κ2) is 8.09. The van der Waals surface area contributed by atoms with E-state index in [9.17, 15) is 9.59 Å². The third-order valence-electron chi connectivity index (χ3n) is 2.91. The molecule has 0 aliphatic rings. The van der Waals surface area contributed by atoms with Crippen LogP contribution in [0.15, 0.2) is 0 Å². The Labute approximate surface area is 103 Å². The highest BCUT2D eigenvalue weighted by Crippen LogP contribution is 2.37. The molecule has 0 radical (unpaired) electrons. The Hall–Kier alpha value is -1.06. The molecule has 0 aliphatic heterocycles. The van der Waals surface area contributed by atoms with E-state index in [0.717, 1.165) is 25.7 Å². The molecule has 0 saturated heterocycles. The summed E-state index contributed by atoms with van der Waals surface area (Å²) in [4.78, 5) is 22.5. The first-order valence-corrected chi connectivity index (χ1v) is 6.37. The standard InChI is InChI=1S/C13H24O4/c1-4-7-13(8-5-2,9-11(14)15)10-12(16)17-6-3/h4-10H2,1-3H3,(H,14,15). The molecule has 100 valence electrons. The van der Waals surface area contributed by atoms with Crippen LogP contribution in [0.3, 0.4) is 0 Å². The average Bonchev–Trinajstić information content (AvgIpc) is 2.16. The number of carboxylic acids is 1. The van der Waals surface area contributed by atoms with Gasteiger partial charge in [-0.1, -0.05) is 26.7 Å². The van der Waals surface area contributed by atoms with Crippen molar-refractivity contribution in [3.05, 3.63) is 0 Å². The van der Waals surface area contributed by atoms with Gasteiger partial charge in [-0.05, 0) is 25.2 Å². The largest absolute Gasteiger partial charge is 0.481 e. The molecule has 17 heavy (non-hydrogen) atoms. The number of aliphatic carboxylic acids is 1. The van der Waals surface area contributed by atoms with E-state index in [2.05, 4.69) is 0 Å². The normalized spacial score (nSPS) is 11.2. The summed E-state index contributed by atoms with van der Waals surface area (Å²) in [5, 5.41) is 8.99. The highest BCUT2D eigenvalue weighted by Gasteiger charge is 2.34. The molecule has 0 atom stereocenters. The van der Waals surface area contributed by atoms with Crippen molar-refractivity contribution >= 4 is 11.9 Å². The van der Waals surface area contributed by atoms with Gasteiger partial charge in [0.15, 0.2) is 0 Å². The van der Waals surface area contributed by atoms with Gasteiger partial charge in [0, 0.05) is 0 Å². The number of hydrogen-bond acceptors (Lipinski definition) is 3. The molecular weight excluding hydrogens is 220 g/mol. The van der Waals surface area contributed by atoms with Crippen LogP contribution in [-0.2, 0) is 14.3 Å². The van der Waals surface area contributed by atoms with Gasteiger partial charge < -0.3 is 9.84 Å². The molecule has 0 aromatic rings. The summed E-state index contributed by atoms with van der Waals surface area (Å²) in [7, 11) is 0. The Kier molecular flexibility index (Phi) is 7.59. The first-order valence-electron chi connectivity index (χ1n) is 6.37. The molecule has 0 aromatic carbocycles. The third kappa shape index (κ3) is 6.29. The van der Waals surface area contributed by atoms with Crippen molar-refractivity contribution in [2.75, 3.05) is 6.61 Å². The molecule has 0 heterocycles. The van der Waals surface area contributed by atoms with Crippen LogP contribution in [0.1, 0.15) is 59.3 Å². The van der Waals surface area contributed by atoms with Crippen LogP contribution in [-0.4, -0.2) is 23.7 Å². The quantitative estimate of drug-likeness (QED) is 0.633. The van der Waals surface area contributed by atoms with Gasteiger partial charge in [0.05, 0.1) is 19.4 Å². The van der Waals surface area contributed by atoms with Crippen LogP contribution in [0.5, 0.6) is 0 Å². The molecule has 0 fully saturated rings. The average molecular weight is 244 g/mol. The fourth-order valence-electron chi connectivity index (χ4n) is 2.44. The van der Waals surface area contributed by atoms with E-state index in [1.165, 1.54) is 0 Å². The smallest absolute Gasteiger partial charge is 0.306 e. The highest BCUT2D eigenvalue weighted by atomic mass is 16.5. The predicted molar refractivity (Wildman–Crippen MR) is 65.8 cm³/mol. The van der Waals surface area contributed by atoms with Gasteiger partial charge in [-0.2, -0.15) is 0 Å². The molecule has 0 spiro atoms. The minimum Gasteiger partial charge on any atom is -0.481 e. The van der Waals surface area contributed by atoms with Gasteiger partial charge >= 0.3 is 11.9 Å². The van der Waals surface area contributed by atoms with Gasteiger partial charge in [0.2, 0.25) is 0 Å². The molecule has 0 rings (SSSR count). The second-order valence-electron chi connectivity index (χ2n) is 4.55. The monoisotopic (exact) mass is 244 g/mol. The molecule has 4 heteroatoms. The summed E-state index contributed by atoms with van der Waals surface area (Å²) in [5.74, 6) is -1.12. The van der Waals surface area contributed by atoms with Crippen LogP contribution >= 0.6 is 0 Å². The topological polar surface area (TPSA) is 63.6 Å². The van der Waals surface area contributed by atoms with Gasteiger partial charge in [0.25, 0.3) is 0 Å². The lowest BCUT2D eigenvalue weighted by molar-refractivity contribution is -0.148. The lowest BCUT2D eigenvalue weighted by Crippen LogP contribution is -2.28. The van der Waals surface area contributed by atoms with E-state index >= 15 is 0 Å². The van der Waals surface area contributed by atoms with Crippen LogP contribution in [0, 0.1) is 5.41 Å². The molecule has 0 bridgehead atoms. The van der Waals surface area contributed by atoms with E-state index < -0.39 is 11.4 Å². The SMILES string of the molecule is CCCC(CCC)(CC(=O)O)CC(=O)OCC. The molecule has 0 unspecified atom stereocenters. The fourth-order valence-corrected chi connectivity index (χ4v) is 2.44. The number of hydrogen-bond donors (Lipinski definition) is 1. The molecule has 0 saturated carbocycles. The summed E-state index contributed by atoms with van der Waals surface area (Å²) in [6.45, 7) is 6.13. The van der Waals surface area contributed by atoms with Gasteiger partial charge in [-0.3, -0.25) is 9.59 Å². The van der Waals surface area contributed by atoms with Crippen LogP contribution in [0.2, 0.25) is 0 Å². The van der Waals surface area contributed by atoms with E-state index in [0.29, 0.717) is 6.61 Å². The number of carbonyl (C=O) groups is 2. The maximum absolute atomic E-state index is 11.6. The van der Waals surface area contributed by atoms with Crippen LogP contribution in [0.4, 0.5) is 0 Å². The zero-order valence-electron chi connectivity index (χ0n) is 11.1. The van der Waals surface area contributed by atoms with Gasteiger partial charge in [-0.15, -0.1) is 0 Å². The number of rotatable bonds is 9. The van der Waals surface area contributed by atoms with E-state index in [1.54, 1.807) is 6.92 Å². The summed E-state index contributed by atoms with van der Waals surface area (Å²) < 4.78 is 4.94. The molecular formula is C13H24O4. The molecule has 4 nitrogen and oxygen atoms in total. The minimum absolute atomic E-state index is 0.0491. The van der Waals surface area contributed by atoms with Gasteiger partial charge in [-0.25, -0.2) is 0 Å². The zero-order chi connectivity index (χ0) is 13.3. The highest BCUT2D eigenvalue weighted by molar-refractivity contribution is 5.73. The van der Waals surface area contributed by atoms with Crippen molar-refractivity contribution in [2.24, 2.45) is 5.41 Å². The Morgan fingerprint density at radius 3 is 1.94 bits per heavy atom. The van der Waals surface area contributed by atoms with Crippen molar-refractivity contribution in [1.29, 1.82) is 0 Å². The summed E-state index contributed by atoms with van der Waals surface area (Å²) >= 11 is 0.